The smallest absolute Gasteiger partial charge is 0.230 e. The molecule has 2 heterocycles. The Hall–Kier alpha value is -1.43. The van der Waals surface area contributed by atoms with Crippen LogP contribution in [0.5, 0.6) is 0 Å². The normalized spacial score (nSPS) is 20.0. The highest BCUT2D eigenvalue weighted by atomic mass is 35.5. The molecule has 0 radical (unpaired) electrons. The van der Waals surface area contributed by atoms with Gasteiger partial charge in [-0.05, 0) is 30.5 Å². The van der Waals surface area contributed by atoms with Crippen LogP contribution in [0.2, 0.25) is 5.02 Å². The van der Waals surface area contributed by atoms with Crippen molar-refractivity contribution in [2.24, 2.45) is 0 Å². The van der Waals surface area contributed by atoms with E-state index in [2.05, 4.69) is 32.1 Å². The van der Waals surface area contributed by atoms with Crippen molar-refractivity contribution in [3.05, 3.63) is 46.6 Å². The molecule has 1 aromatic carbocycles. The monoisotopic (exact) mass is 332 g/mol. The van der Waals surface area contributed by atoms with Crippen LogP contribution in [0.15, 0.2) is 28.7 Å². The highest BCUT2D eigenvalue weighted by Crippen LogP contribution is 2.39. The first-order chi connectivity index (χ1) is 11.3. The third-order valence-electron chi connectivity index (χ3n) is 4.55. The summed E-state index contributed by atoms with van der Waals surface area (Å²) in [4.78, 5) is 4.87. The Labute approximate surface area is 141 Å². The van der Waals surface area contributed by atoms with Gasteiger partial charge in [0.15, 0.2) is 0 Å². The van der Waals surface area contributed by atoms with Crippen molar-refractivity contribution in [2.45, 2.75) is 31.8 Å². The van der Waals surface area contributed by atoms with Gasteiger partial charge in [0, 0.05) is 43.7 Å². The SMILES string of the molecule is Clc1ccc(CN2CCN(Cc3nnc(C4CC4)o3)CC2)cc1. The number of nitrogens with zero attached hydrogens (tertiary/aromatic N) is 4. The van der Waals surface area contributed by atoms with Gasteiger partial charge in [-0.1, -0.05) is 23.7 Å². The molecule has 0 unspecified atom stereocenters. The lowest BCUT2D eigenvalue weighted by Crippen LogP contribution is -2.45. The van der Waals surface area contributed by atoms with Crippen molar-refractivity contribution >= 4 is 11.6 Å². The first-order valence-electron chi connectivity index (χ1n) is 8.28. The van der Waals surface area contributed by atoms with E-state index in [1.165, 1.54) is 18.4 Å². The van der Waals surface area contributed by atoms with Gasteiger partial charge in [0.2, 0.25) is 11.8 Å². The minimum absolute atomic E-state index is 0.535. The molecule has 1 aliphatic heterocycles. The molecular formula is C17H21ClN4O. The lowest BCUT2D eigenvalue weighted by Gasteiger charge is -2.33. The molecule has 0 bridgehead atoms. The highest BCUT2D eigenvalue weighted by molar-refractivity contribution is 6.30. The van der Waals surface area contributed by atoms with E-state index >= 15 is 0 Å². The van der Waals surface area contributed by atoms with Gasteiger partial charge >= 0.3 is 0 Å². The zero-order valence-electron chi connectivity index (χ0n) is 13.1. The van der Waals surface area contributed by atoms with Crippen molar-refractivity contribution in [1.82, 2.24) is 20.0 Å². The maximum Gasteiger partial charge on any atom is 0.230 e. The van der Waals surface area contributed by atoms with Crippen LogP contribution in [0.3, 0.4) is 0 Å². The van der Waals surface area contributed by atoms with Crippen molar-refractivity contribution in [3.63, 3.8) is 0 Å². The number of rotatable bonds is 5. The van der Waals surface area contributed by atoms with Gasteiger partial charge in [0.05, 0.1) is 6.54 Å². The predicted octanol–water partition coefficient (Wildman–Crippen LogP) is 2.92. The number of aromatic nitrogens is 2. The molecule has 0 N–H and O–H groups in total. The molecule has 2 fully saturated rings. The summed E-state index contributed by atoms with van der Waals surface area (Å²) < 4.78 is 5.75. The van der Waals surface area contributed by atoms with Crippen LogP contribution in [-0.4, -0.2) is 46.2 Å². The molecule has 122 valence electrons. The van der Waals surface area contributed by atoms with Crippen LogP contribution in [0, 0.1) is 0 Å². The summed E-state index contributed by atoms with van der Waals surface area (Å²) in [7, 11) is 0. The van der Waals surface area contributed by atoms with E-state index in [9.17, 15) is 0 Å². The topological polar surface area (TPSA) is 45.4 Å². The molecular weight excluding hydrogens is 312 g/mol. The number of hydrogen-bond donors (Lipinski definition) is 0. The van der Waals surface area contributed by atoms with E-state index in [1.807, 2.05) is 12.1 Å². The standard InChI is InChI=1S/C17H21ClN4O/c18-15-5-1-13(2-6-15)11-21-7-9-22(10-8-21)12-16-19-20-17(23-16)14-3-4-14/h1-2,5-6,14H,3-4,7-12H2. The van der Waals surface area contributed by atoms with E-state index in [0.717, 1.165) is 56.1 Å². The minimum Gasteiger partial charge on any atom is -0.424 e. The van der Waals surface area contributed by atoms with Gasteiger partial charge in [0.1, 0.15) is 0 Å². The molecule has 2 aliphatic rings. The zero-order chi connectivity index (χ0) is 15.6. The molecule has 1 aliphatic carbocycles. The molecule has 5 nitrogen and oxygen atoms in total. The summed E-state index contributed by atoms with van der Waals surface area (Å²) in [6.45, 7) is 5.95. The molecule has 0 amide bonds. The van der Waals surface area contributed by atoms with Crippen molar-refractivity contribution < 1.29 is 4.42 Å². The predicted molar refractivity (Wildman–Crippen MR) is 88.3 cm³/mol. The van der Waals surface area contributed by atoms with E-state index in [-0.39, 0.29) is 0 Å². The first-order valence-corrected chi connectivity index (χ1v) is 8.65. The van der Waals surface area contributed by atoms with Gasteiger partial charge in [-0.15, -0.1) is 10.2 Å². The molecule has 1 saturated carbocycles. The fraction of sp³-hybridized carbons (Fsp3) is 0.529. The van der Waals surface area contributed by atoms with Crippen LogP contribution >= 0.6 is 11.6 Å². The van der Waals surface area contributed by atoms with Gasteiger partial charge in [-0.3, -0.25) is 9.80 Å². The molecule has 6 heteroatoms. The van der Waals surface area contributed by atoms with Crippen LogP contribution in [0.1, 0.15) is 36.1 Å². The Bertz CT molecular complexity index is 645. The zero-order valence-corrected chi connectivity index (χ0v) is 13.9. The second kappa shape index (κ2) is 6.59. The molecule has 4 rings (SSSR count). The quantitative estimate of drug-likeness (QED) is 0.842. The number of hydrogen-bond acceptors (Lipinski definition) is 5. The lowest BCUT2D eigenvalue weighted by molar-refractivity contribution is 0.114. The molecule has 0 atom stereocenters. The Morgan fingerprint density at radius 1 is 0.957 bits per heavy atom. The average Bonchev–Trinajstić information content (AvgIpc) is 3.32. The third kappa shape index (κ3) is 3.91. The van der Waals surface area contributed by atoms with E-state index in [1.54, 1.807) is 0 Å². The second-order valence-electron chi connectivity index (χ2n) is 6.49. The second-order valence-corrected chi connectivity index (χ2v) is 6.92. The highest BCUT2D eigenvalue weighted by Gasteiger charge is 2.29. The molecule has 23 heavy (non-hydrogen) atoms. The van der Waals surface area contributed by atoms with Crippen LogP contribution in [0.25, 0.3) is 0 Å². The Kier molecular flexibility index (Phi) is 4.33. The Balaban J connectivity index is 1.26. The maximum atomic E-state index is 5.94. The fourth-order valence-corrected chi connectivity index (χ4v) is 3.10. The number of piperazine rings is 1. The van der Waals surface area contributed by atoms with Crippen LogP contribution in [-0.2, 0) is 13.1 Å². The van der Waals surface area contributed by atoms with Crippen molar-refractivity contribution in [2.75, 3.05) is 26.2 Å². The van der Waals surface area contributed by atoms with E-state index in [0.29, 0.717) is 5.92 Å². The fourth-order valence-electron chi connectivity index (χ4n) is 2.97. The molecule has 1 saturated heterocycles. The molecule has 1 aromatic heterocycles. The van der Waals surface area contributed by atoms with Gasteiger partial charge in [-0.25, -0.2) is 0 Å². The number of halogens is 1. The third-order valence-corrected chi connectivity index (χ3v) is 4.80. The van der Waals surface area contributed by atoms with E-state index < -0.39 is 0 Å². The molecule has 0 spiro atoms. The largest absolute Gasteiger partial charge is 0.424 e. The summed E-state index contributed by atoms with van der Waals surface area (Å²) in [6.07, 6.45) is 2.40. The summed E-state index contributed by atoms with van der Waals surface area (Å²) >= 11 is 5.94. The summed E-state index contributed by atoms with van der Waals surface area (Å²) in [6, 6.07) is 8.12. The van der Waals surface area contributed by atoms with Crippen molar-refractivity contribution in [3.8, 4) is 0 Å². The van der Waals surface area contributed by atoms with Gasteiger partial charge in [0.25, 0.3) is 0 Å². The molecule has 2 aromatic rings. The summed E-state index contributed by atoms with van der Waals surface area (Å²) in [5.74, 6) is 2.13. The lowest BCUT2D eigenvalue weighted by atomic mass is 10.2. The summed E-state index contributed by atoms with van der Waals surface area (Å²) in [5, 5.41) is 9.13. The number of benzene rings is 1. The summed E-state index contributed by atoms with van der Waals surface area (Å²) in [5.41, 5.74) is 1.31. The first kappa shape index (κ1) is 15.1. The van der Waals surface area contributed by atoms with Gasteiger partial charge in [-0.2, -0.15) is 0 Å². The van der Waals surface area contributed by atoms with Crippen LogP contribution in [0.4, 0.5) is 0 Å². The van der Waals surface area contributed by atoms with Crippen LogP contribution < -0.4 is 0 Å². The van der Waals surface area contributed by atoms with Gasteiger partial charge < -0.3 is 4.42 Å². The maximum absolute atomic E-state index is 5.94. The Morgan fingerprint density at radius 3 is 2.26 bits per heavy atom. The average molecular weight is 333 g/mol. The van der Waals surface area contributed by atoms with Crippen molar-refractivity contribution in [1.29, 1.82) is 0 Å². The minimum atomic E-state index is 0.535. The Morgan fingerprint density at radius 2 is 1.61 bits per heavy atom. The van der Waals surface area contributed by atoms with E-state index in [4.69, 9.17) is 16.0 Å².